The van der Waals surface area contributed by atoms with Crippen LogP contribution in [0.5, 0.6) is 0 Å². The van der Waals surface area contributed by atoms with Crippen molar-refractivity contribution in [2.24, 2.45) is 0 Å². The summed E-state index contributed by atoms with van der Waals surface area (Å²) in [6.07, 6.45) is 22.5. The normalized spacial score (nSPS) is 19.1. The molecule has 11 heteroatoms. The highest BCUT2D eigenvalue weighted by Gasteiger charge is 2.44. The maximum Gasteiger partial charge on any atom is 0.253 e. The Morgan fingerprint density at radius 1 is 0.810 bits per heavy atom. The highest BCUT2D eigenvalue weighted by molar-refractivity contribution is 6.12. The molecule has 4 aromatic rings. The molecule has 0 saturated heterocycles. The lowest BCUT2D eigenvalue weighted by atomic mass is 9.81. The predicted octanol–water partition coefficient (Wildman–Crippen LogP) is 8.99. The van der Waals surface area contributed by atoms with E-state index in [2.05, 4.69) is 132 Å². The van der Waals surface area contributed by atoms with E-state index in [1.54, 1.807) is 6.20 Å². The van der Waals surface area contributed by atoms with Crippen molar-refractivity contribution in [2.75, 3.05) is 31.1 Å². The van der Waals surface area contributed by atoms with Gasteiger partial charge in [-0.2, -0.15) is 4.58 Å². The van der Waals surface area contributed by atoms with E-state index < -0.39 is 0 Å². The number of aromatic nitrogens is 4. The first-order chi connectivity index (χ1) is 30.5. The average molecular weight is 844 g/mol. The van der Waals surface area contributed by atoms with Gasteiger partial charge >= 0.3 is 0 Å². The first-order valence-electron chi connectivity index (χ1n) is 22.6. The zero-order valence-electron chi connectivity index (χ0n) is 37.3. The number of unbranched alkanes of at least 4 members (excludes halogenated alkanes) is 2. The number of nitrogens with zero attached hydrogens (tertiary/aromatic N) is 7. The number of carbonyl (C=O) groups excluding carboxylic acids is 3. The smallest absolute Gasteiger partial charge is 0.253 e. The number of pyridine rings is 1. The summed E-state index contributed by atoms with van der Waals surface area (Å²) in [5.74, 6) is -0.740. The minimum Gasteiger partial charge on any atom is -0.354 e. The SMILES string of the molecule is CCC[N+]1=C(/C=C/C2=C(n3cc(-c4ccccn4)nn3)C(=C/C=C3/N(CCCCCC(=O)NCCN4C(=O)C=CC4=O)c4ccccc4C3(C)C)/CCC2)C(C)(C)c2ccccc21. The summed E-state index contributed by atoms with van der Waals surface area (Å²) in [6, 6.07) is 23.4. The van der Waals surface area contributed by atoms with Crippen molar-refractivity contribution in [1.29, 1.82) is 0 Å². The Bertz CT molecular complexity index is 2570. The highest BCUT2D eigenvalue weighted by atomic mass is 16.2. The Labute approximate surface area is 371 Å². The zero-order valence-corrected chi connectivity index (χ0v) is 37.3. The number of rotatable bonds is 16. The lowest BCUT2D eigenvalue weighted by Crippen LogP contribution is -2.38. The molecule has 5 heterocycles. The number of hydrogen-bond acceptors (Lipinski definition) is 7. The van der Waals surface area contributed by atoms with Crippen LogP contribution in [0.15, 0.2) is 132 Å². The zero-order chi connectivity index (χ0) is 44.1. The Morgan fingerprint density at radius 3 is 2.35 bits per heavy atom. The number of fused-ring (bicyclic) bond motifs is 2. The molecule has 3 amide bonds. The maximum absolute atomic E-state index is 12.6. The number of allylic oxidation sites excluding steroid dienone is 8. The van der Waals surface area contributed by atoms with Crippen LogP contribution < -0.4 is 10.2 Å². The van der Waals surface area contributed by atoms with Crippen molar-refractivity contribution in [2.45, 2.75) is 96.8 Å². The summed E-state index contributed by atoms with van der Waals surface area (Å²) >= 11 is 0. The van der Waals surface area contributed by atoms with E-state index in [-0.39, 0.29) is 41.6 Å². The van der Waals surface area contributed by atoms with Crippen LogP contribution in [0.3, 0.4) is 0 Å². The van der Waals surface area contributed by atoms with Crippen LogP contribution in [-0.4, -0.2) is 79.1 Å². The largest absolute Gasteiger partial charge is 0.354 e. The number of benzene rings is 2. The minimum atomic E-state index is -0.336. The molecular weight excluding hydrogens is 785 g/mol. The fourth-order valence-corrected chi connectivity index (χ4v) is 9.66. The molecule has 0 bridgehead atoms. The lowest BCUT2D eigenvalue weighted by molar-refractivity contribution is -0.437. The van der Waals surface area contributed by atoms with Crippen LogP contribution in [0.2, 0.25) is 0 Å². The number of anilines is 1. The Kier molecular flexibility index (Phi) is 12.7. The second-order valence-corrected chi connectivity index (χ2v) is 17.9. The topological polar surface area (TPSA) is 116 Å². The van der Waals surface area contributed by atoms with Crippen LogP contribution in [0, 0.1) is 0 Å². The molecular formula is C52H59N8O3+. The average Bonchev–Trinajstić information content (AvgIpc) is 4.01. The van der Waals surface area contributed by atoms with Crippen molar-refractivity contribution in [1.82, 2.24) is 30.2 Å². The van der Waals surface area contributed by atoms with E-state index in [4.69, 9.17) is 5.21 Å². The van der Waals surface area contributed by atoms with Crippen molar-refractivity contribution in [3.8, 4) is 11.4 Å². The van der Waals surface area contributed by atoms with Gasteiger partial charge in [0, 0.05) is 85.3 Å². The van der Waals surface area contributed by atoms with Gasteiger partial charge in [-0.15, -0.1) is 5.10 Å². The number of hydrogen-bond donors (Lipinski definition) is 1. The van der Waals surface area contributed by atoms with Gasteiger partial charge in [0.05, 0.1) is 23.0 Å². The fourth-order valence-electron chi connectivity index (χ4n) is 9.66. The second kappa shape index (κ2) is 18.5. The Hall–Kier alpha value is -6.49. The van der Waals surface area contributed by atoms with Crippen molar-refractivity contribution in [3.63, 3.8) is 0 Å². The first kappa shape index (κ1) is 43.2. The Morgan fingerprint density at radius 2 is 1.57 bits per heavy atom. The van der Waals surface area contributed by atoms with Crippen molar-refractivity contribution in [3.05, 3.63) is 144 Å². The number of amides is 3. The number of para-hydroxylation sites is 2. The Balaban J connectivity index is 1.07. The van der Waals surface area contributed by atoms with Gasteiger partial charge in [0.25, 0.3) is 11.8 Å². The van der Waals surface area contributed by atoms with Gasteiger partial charge in [-0.3, -0.25) is 24.3 Å². The molecule has 1 N–H and O–H groups in total. The van der Waals surface area contributed by atoms with Gasteiger partial charge in [0.1, 0.15) is 12.2 Å². The molecule has 324 valence electrons. The third-order valence-corrected chi connectivity index (χ3v) is 12.9. The third-order valence-electron chi connectivity index (χ3n) is 12.9. The van der Waals surface area contributed by atoms with Crippen molar-refractivity contribution < 1.29 is 19.0 Å². The molecule has 63 heavy (non-hydrogen) atoms. The van der Waals surface area contributed by atoms with E-state index in [0.29, 0.717) is 6.42 Å². The summed E-state index contributed by atoms with van der Waals surface area (Å²) in [4.78, 5) is 44.5. The lowest BCUT2D eigenvalue weighted by Gasteiger charge is -2.27. The number of nitrogens with one attached hydrogen (secondary N) is 1. The molecule has 8 rings (SSSR count). The number of imide groups is 1. The number of carbonyl (C=O) groups is 3. The highest BCUT2D eigenvalue weighted by Crippen LogP contribution is 2.48. The fraction of sp³-hybridized carbons (Fsp3) is 0.365. The van der Waals surface area contributed by atoms with E-state index in [0.717, 1.165) is 80.0 Å². The van der Waals surface area contributed by atoms with Crippen molar-refractivity contribution >= 4 is 40.5 Å². The summed E-state index contributed by atoms with van der Waals surface area (Å²) in [7, 11) is 0. The molecule has 11 nitrogen and oxygen atoms in total. The van der Waals surface area contributed by atoms with Crippen LogP contribution in [0.1, 0.15) is 97.1 Å². The molecule has 0 radical (unpaired) electrons. The van der Waals surface area contributed by atoms with E-state index in [9.17, 15) is 14.4 Å². The molecule has 0 unspecified atom stereocenters. The monoisotopic (exact) mass is 843 g/mol. The second-order valence-electron chi connectivity index (χ2n) is 17.9. The van der Waals surface area contributed by atoms with Crippen LogP contribution >= 0.6 is 0 Å². The van der Waals surface area contributed by atoms with Gasteiger partial charge < -0.3 is 10.2 Å². The summed E-state index contributed by atoms with van der Waals surface area (Å²) in [6.45, 7) is 13.7. The molecule has 2 aromatic carbocycles. The molecule has 1 aliphatic carbocycles. The summed E-state index contributed by atoms with van der Waals surface area (Å²) in [5, 5.41) is 12.2. The molecule has 0 spiro atoms. The van der Waals surface area contributed by atoms with Gasteiger partial charge in [0.2, 0.25) is 11.6 Å². The third kappa shape index (κ3) is 8.78. The van der Waals surface area contributed by atoms with Gasteiger partial charge in [-0.1, -0.05) is 87.0 Å². The first-order valence-corrected chi connectivity index (χ1v) is 22.6. The predicted molar refractivity (Wildman–Crippen MR) is 249 cm³/mol. The van der Waals surface area contributed by atoms with Crippen LogP contribution in [0.4, 0.5) is 11.4 Å². The van der Waals surface area contributed by atoms with Gasteiger partial charge in [0.15, 0.2) is 5.71 Å². The standard InChI is InChI=1S/C52H58N8O3/c1-6-33-57-43-22-11-9-19-39(43)51(2,3)45(57)27-25-37-17-16-18-38(50(37)60-36-42(55-56-60)41-21-13-14-31-53-41)26-28-46-52(4,5)40-20-10-12-23-44(40)58(46)34-15-7-8-24-47(61)54-32-35-59-48(62)29-30-49(59)63/h9-14,19-23,25-31,36H,6-8,15-18,24,32-35H2,1-5H3/p+1. The van der Waals surface area contributed by atoms with Crippen LogP contribution in [0.25, 0.3) is 17.1 Å². The quantitative estimate of drug-likeness (QED) is 0.0680. The van der Waals surface area contributed by atoms with Gasteiger partial charge in [-0.25, -0.2) is 4.68 Å². The molecule has 3 aliphatic heterocycles. The summed E-state index contributed by atoms with van der Waals surface area (Å²) < 4.78 is 4.46. The minimum absolute atomic E-state index is 0.0686. The van der Waals surface area contributed by atoms with Gasteiger partial charge in [-0.05, 0) is 86.9 Å². The van der Waals surface area contributed by atoms with E-state index >= 15 is 0 Å². The van der Waals surface area contributed by atoms with E-state index in [1.807, 2.05) is 29.1 Å². The van der Waals surface area contributed by atoms with E-state index in [1.165, 1.54) is 57.2 Å². The molecule has 0 fully saturated rings. The molecule has 0 atom stereocenters. The van der Waals surface area contributed by atoms with Crippen LogP contribution in [-0.2, 0) is 25.2 Å². The molecule has 2 aromatic heterocycles. The molecule has 0 saturated carbocycles. The molecule has 4 aliphatic rings. The summed E-state index contributed by atoms with van der Waals surface area (Å²) in [5.41, 5.74) is 12.3. The maximum atomic E-state index is 12.6.